The molecule has 7 heteroatoms. The van der Waals surface area contributed by atoms with Crippen LogP contribution < -0.4 is 0 Å². The number of carbonyl (C=O) groups excluding carboxylic acids is 1. The van der Waals surface area contributed by atoms with Crippen molar-refractivity contribution in [1.82, 2.24) is 0 Å². The summed E-state index contributed by atoms with van der Waals surface area (Å²) in [5.41, 5.74) is -0.0368. The van der Waals surface area contributed by atoms with E-state index in [0.717, 1.165) is 51.0 Å². The van der Waals surface area contributed by atoms with Crippen LogP contribution in [0, 0.1) is 0 Å². The first-order valence-electron chi connectivity index (χ1n) is 10.4. The van der Waals surface area contributed by atoms with E-state index in [0.29, 0.717) is 6.42 Å². The maximum Gasteiger partial charge on any atom is 0.339 e. The first kappa shape index (κ1) is 24.8. The second kappa shape index (κ2) is 13.8. The van der Waals surface area contributed by atoms with Gasteiger partial charge in [-0.1, -0.05) is 44.9 Å². The molecular weight excluding hydrogens is 376 g/mol. The lowest BCUT2D eigenvalue weighted by Crippen LogP contribution is -2.20. The highest BCUT2D eigenvalue weighted by atomic mass is 16.5. The molecule has 0 radical (unpaired) electrons. The van der Waals surface area contributed by atoms with Crippen molar-refractivity contribution in [3.63, 3.8) is 0 Å². The van der Waals surface area contributed by atoms with Gasteiger partial charge in [0.25, 0.3) is 0 Å². The third-order valence-corrected chi connectivity index (χ3v) is 4.86. The van der Waals surface area contributed by atoms with Gasteiger partial charge in [0.2, 0.25) is 0 Å². The lowest BCUT2D eigenvalue weighted by atomic mass is 9.97. The largest absolute Gasteiger partial charge is 0.508 e. The molecule has 0 amide bonds. The molecule has 0 spiro atoms. The number of carboxylic acids is 1. The number of aromatic carboxylic acids is 1. The molecule has 0 saturated carbocycles. The third-order valence-electron chi connectivity index (χ3n) is 4.86. The van der Waals surface area contributed by atoms with Crippen molar-refractivity contribution in [1.29, 1.82) is 0 Å². The average molecular weight is 411 g/mol. The highest BCUT2D eigenvalue weighted by Gasteiger charge is 2.21. The SMILES string of the molecule is CC(=O)O[C@H](CCCCCCCCCCCO)Cc1cc(O)cc(O)c1C(=O)O. The lowest BCUT2D eigenvalue weighted by Gasteiger charge is -2.19. The van der Waals surface area contributed by atoms with E-state index in [-0.39, 0.29) is 29.9 Å². The molecule has 1 aromatic carbocycles. The number of aliphatic hydroxyl groups is 1. The Kier molecular flexibility index (Phi) is 11.8. The normalized spacial score (nSPS) is 11.9. The molecule has 0 aromatic heterocycles. The zero-order valence-corrected chi connectivity index (χ0v) is 17.2. The first-order chi connectivity index (χ1) is 13.8. The first-order valence-corrected chi connectivity index (χ1v) is 10.4. The fraction of sp³-hybridized carbons (Fsp3) is 0.636. The number of aliphatic hydroxyl groups excluding tert-OH is 1. The number of phenolic OH excluding ortho intramolecular Hbond substituents is 1. The van der Waals surface area contributed by atoms with Gasteiger partial charge in [-0.15, -0.1) is 0 Å². The second-order valence-electron chi connectivity index (χ2n) is 7.43. The molecule has 1 aromatic rings. The van der Waals surface area contributed by atoms with Crippen molar-refractivity contribution in [2.75, 3.05) is 6.61 Å². The summed E-state index contributed by atoms with van der Waals surface area (Å²) in [6, 6.07) is 2.27. The minimum Gasteiger partial charge on any atom is -0.508 e. The van der Waals surface area contributed by atoms with E-state index >= 15 is 0 Å². The van der Waals surface area contributed by atoms with Crippen LogP contribution >= 0.6 is 0 Å². The van der Waals surface area contributed by atoms with E-state index in [9.17, 15) is 24.9 Å². The van der Waals surface area contributed by atoms with Crippen LogP contribution in [0.1, 0.15) is 87.1 Å². The topological polar surface area (TPSA) is 124 Å². The smallest absolute Gasteiger partial charge is 0.339 e. The molecule has 0 aliphatic carbocycles. The van der Waals surface area contributed by atoms with E-state index in [1.165, 1.54) is 25.8 Å². The zero-order valence-electron chi connectivity index (χ0n) is 17.2. The molecule has 164 valence electrons. The van der Waals surface area contributed by atoms with E-state index < -0.39 is 23.8 Å². The predicted molar refractivity (Wildman–Crippen MR) is 109 cm³/mol. The van der Waals surface area contributed by atoms with Gasteiger partial charge in [-0.25, -0.2) is 4.79 Å². The molecule has 0 bridgehead atoms. The molecule has 0 heterocycles. The number of aromatic hydroxyl groups is 2. The lowest BCUT2D eigenvalue weighted by molar-refractivity contribution is -0.146. The quantitative estimate of drug-likeness (QED) is 0.253. The van der Waals surface area contributed by atoms with Gasteiger partial charge in [0.1, 0.15) is 23.2 Å². The van der Waals surface area contributed by atoms with Crippen LogP contribution in [-0.4, -0.2) is 45.1 Å². The van der Waals surface area contributed by atoms with Gasteiger partial charge in [0.15, 0.2) is 0 Å². The summed E-state index contributed by atoms with van der Waals surface area (Å²) in [6.45, 7) is 1.57. The maximum atomic E-state index is 11.4. The molecule has 1 rings (SSSR count). The van der Waals surface area contributed by atoms with Crippen molar-refractivity contribution >= 4 is 11.9 Å². The molecule has 0 fully saturated rings. The van der Waals surface area contributed by atoms with Crippen LogP contribution in [0.4, 0.5) is 0 Å². The zero-order chi connectivity index (χ0) is 21.6. The Hall–Kier alpha value is -2.28. The fourth-order valence-electron chi connectivity index (χ4n) is 3.48. The standard InChI is InChI=1S/C22H34O7/c1-16(24)29-19(11-9-7-5-3-2-4-6-8-10-12-23)14-17-13-18(25)15-20(26)21(17)22(27)28/h13,15,19,23,25-26H,2-12,14H2,1H3,(H,27,28)/t19-/m1/s1. The Labute approximate surface area is 172 Å². The Balaban J connectivity index is 2.50. The number of hydrogen-bond acceptors (Lipinski definition) is 6. The van der Waals surface area contributed by atoms with Crippen molar-refractivity contribution < 1.29 is 34.8 Å². The number of hydrogen-bond donors (Lipinski definition) is 4. The highest BCUT2D eigenvalue weighted by Crippen LogP contribution is 2.29. The minimum atomic E-state index is -1.29. The highest BCUT2D eigenvalue weighted by molar-refractivity contribution is 5.93. The van der Waals surface area contributed by atoms with Gasteiger partial charge in [-0.2, -0.15) is 0 Å². The van der Waals surface area contributed by atoms with E-state index in [4.69, 9.17) is 9.84 Å². The Bertz CT molecular complexity index is 642. The van der Waals surface area contributed by atoms with Crippen molar-refractivity contribution in [2.24, 2.45) is 0 Å². The van der Waals surface area contributed by atoms with Crippen LogP contribution in [0.2, 0.25) is 0 Å². The number of carbonyl (C=O) groups is 2. The van der Waals surface area contributed by atoms with Gasteiger partial charge < -0.3 is 25.2 Å². The number of esters is 1. The Morgan fingerprint density at radius 1 is 0.931 bits per heavy atom. The average Bonchev–Trinajstić information content (AvgIpc) is 2.61. The van der Waals surface area contributed by atoms with Crippen molar-refractivity contribution in [2.45, 2.75) is 83.7 Å². The molecule has 0 aliphatic heterocycles. The molecule has 4 N–H and O–H groups in total. The molecular formula is C22H34O7. The van der Waals surface area contributed by atoms with Crippen LogP contribution in [0.3, 0.4) is 0 Å². The van der Waals surface area contributed by atoms with E-state index in [1.807, 2.05) is 0 Å². The summed E-state index contributed by atoms with van der Waals surface area (Å²) in [4.78, 5) is 22.9. The van der Waals surface area contributed by atoms with E-state index in [2.05, 4.69) is 0 Å². The minimum absolute atomic E-state index is 0.119. The summed E-state index contributed by atoms with van der Waals surface area (Å²) >= 11 is 0. The van der Waals surface area contributed by atoms with Gasteiger partial charge >= 0.3 is 11.9 Å². The monoisotopic (exact) mass is 410 g/mol. The summed E-state index contributed by atoms with van der Waals surface area (Å²) in [5, 5.41) is 37.6. The van der Waals surface area contributed by atoms with Crippen molar-refractivity contribution in [3.8, 4) is 11.5 Å². The Morgan fingerprint density at radius 3 is 2.00 bits per heavy atom. The van der Waals surface area contributed by atoms with E-state index in [1.54, 1.807) is 0 Å². The molecule has 29 heavy (non-hydrogen) atoms. The Morgan fingerprint density at radius 2 is 1.48 bits per heavy atom. The number of rotatable bonds is 15. The van der Waals surface area contributed by atoms with Crippen LogP contribution in [0.15, 0.2) is 12.1 Å². The summed E-state index contributed by atoms with van der Waals surface area (Å²) in [5.74, 6) is -2.48. The number of phenols is 2. The molecule has 0 aliphatic rings. The molecule has 0 unspecified atom stereocenters. The second-order valence-corrected chi connectivity index (χ2v) is 7.43. The van der Waals surface area contributed by atoms with Gasteiger partial charge in [-0.05, 0) is 30.9 Å². The molecule has 0 saturated heterocycles. The molecule has 1 atom stereocenters. The summed E-state index contributed by atoms with van der Waals surface area (Å²) < 4.78 is 5.34. The number of ether oxygens (including phenoxy) is 1. The molecule has 7 nitrogen and oxygen atoms in total. The summed E-state index contributed by atoms with van der Waals surface area (Å²) in [7, 11) is 0. The van der Waals surface area contributed by atoms with Crippen molar-refractivity contribution in [3.05, 3.63) is 23.3 Å². The number of benzene rings is 1. The third kappa shape index (κ3) is 10.2. The predicted octanol–water partition coefficient (Wildman–Crippen LogP) is 4.16. The number of unbranched alkanes of at least 4 members (excludes halogenated alkanes) is 8. The summed E-state index contributed by atoms with van der Waals surface area (Å²) in [6.07, 6.45) is 9.70. The van der Waals surface area contributed by atoms with Crippen LogP contribution in [0.5, 0.6) is 11.5 Å². The van der Waals surface area contributed by atoms with Crippen LogP contribution in [0.25, 0.3) is 0 Å². The van der Waals surface area contributed by atoms with Gasteiger partial charge in [0.05, 0.1) is 0 Å². The van der Waals surface area contributed by atoms with Crippen LogP contribution in [-0.2, 0) is 16.0 Å². The fourth-order valence-corrected chi connectivity index (χ4v) is 3.48. The maximum absolute atomic E-state index is 11.4. The van der Waals surface area contributed by atoms with Gasteiger partial charge in [0, 0.05) is 26.0 Å². The number of carboxylic acid groups (broad SMARTS) is 1. The van der Waals surface area contributed by atoms with Gasteiger partial charge in [-0.3, -0.25) is 4.79 Å².